The fourth-order valence-corrected chi connectivity index (χ4v) is 0. The van der Waals surface area contributed by atoms with E-state index in [1.54, 1.807) is 0 Å². The molecule has 0 saturated carbocycles. The molecule has 0 atom stereocenters. The first-order valence-electron chi connectivity index (χ1n) is 0.667. The van der Waals surface area contributed by atoms with Gasteiger partial charge in [0, 0.05) is 10.4 Å². The molecule has 4 nitrogen and oxygen atoms in total. The van der Waals surface area contributed by atoms with Gasteiger partial charge in [-0.25, -0.2) is 0 Å². The Balaban J connectivity index is -0.0000000800. The summed E-state index contributed by atoms with van der Waals surface area (Å²) in [5, 5.41) is 0. The zero-order valence-electron chi connectivity index (χ0n) is 3.36. The normalized spacial score (nSPS) is 8.29. The van der Waals surface area contributed by atoms with Crippen LogP contribution in [0.2, 0.25) is 0 Å². The summed E-state index contributed by atoms with van der Waals surface area (Å²) in [6, 6.07) is 0. The van der Waals surface area contributed by atoms with E-state index in [0.717, 1.165) is 0 Å². The monoisotopic (exact) mass is 177 g/mol. The minimum atomic E-state index is -5.17. The second kappa shape index (κ2) is 5.50. The van der Waals surface area contributed by atoms with Crippen molar-refractivity contribution in [3.8, 4) is 0 Å². The van der Waals surface area contributed by atoms with Gasteiger partial charge in [0.2, 0.25) is 0 Å². The van der Waals surface area contributed by atoms with Crippen LogP contribution in [0.15, 0.2) is 0 Å². The third-order valence-corrected chi connectivity index (χ3v) is 0. The third kappa shape index (κ3) is 114. The fourth-order valence-electron chi connectivity index (χ4n) is 0. The molecule has 0 rings (SSSR count). The summed E-state index contributed by atoms with van der Waals surface area (Å²) in [6.07, 6.45) is 0. The van der Waals surface area contributed by atoms with Gasteiger partial charge < -0.3 is 9.11 Å². The van der Waals surface area contributed by atoms with Gasteiger partial charge in [-0.2, -0.15) is 0 Å². The molecule has 0 bridgehead atoms. The summed E-state index contributed by atoms with van der Waals surface area (Å²) in [4.78, 5) is 0. The summed E-state index contributed by atoms with van der Waals surface area (Å²) < 4.78 is 34.1. The third-order valence-electron chi connectivity index (χ3n) is 0. The summed E-state index contributed by atoms with van der Waals surface area (Å²) in [6.45, 7) is 0. The average molecular weight is 178 g/mol. The molecule has 7 heavy (non-hydrogen) atoms. The van der Waals surface area contributed by atoms with Crippen molar-refractivity contribution in [3.63, 3.8) is 0 Å². The quantitative estimate of drug-likeness (QED) is 0.213. The molecule has 0 aliphatic heterocycles. The first-order chi connectivity index (χ1) is 2.00. The predicted octanol–water partition coefficient (Wildman–Crippen LogP) is -4.34. The summed E-state index contributed by atoms with van der Waals surface area (Å²) in [5.41, 5.74) is 0. The molecular weight excluding hydrogens is 178 g/mol. The van der Waals surface area contributed by atoms with Gasteiger partial charge in [0.1, 0.15) is 0 Å². The maximum atomic E-state index is 8.52. The van der Waals surface area contributed by atoms with Crippen LogP contribution >= 0.6 is 0 Å². The Morgan fingerprint density at radius 1 is 1.14 bits per heavy atom. The summed E-state index contributed by atoms with van der Waals surface area (Å²) in [7, 11) is -5.17. The summed E-state index contributed by atoms with van der Waals surface area (Å²) in [5.74, 6) is 0. The van der Waals surface area contributed by atoms with Crippen LogP contribution in [0.25, 0.3) is 0 Å². The van der Waals surface area contributed by atoms with Gasteiger partial charge in [-0.05, 0) is 0 Å². The van der Waals surface area contributed by atoms with Gasteiger partial charge in [-0.15, -0.1) is 0 Å². The molecule has 0 heterocycles. The van der Waals surface area contributed by atoms with Crippen molar-refractivity contribution in [1.82, 2.24) is 0 Å². The van der Waals surface area contributed by atoms with Crippen LogP contribution in [-0.4, -0.2) is 17.5 Å². The molecule has 0 saturated heterocycles. The van der Waals surface area contributed by atoms with Gasteiger partial charge in [-0.1, -0.05) is 0 Å². The Bertz CT molecular complexity index is 94.9. The van der Waals surface area contributed by atoms with Crippen LogP contribution in [0.1, 0.15) is 0 Å². The fraction of sp³-hybridized carbons (Fsp3) is 0. The Labute approximate surface area is 73.5 Å². The first-order valence-corrected chi connectivity index (χ1v) is 2.00. The van der Waals surface area contributed by atoms with Crippen LogP contribution in [0, 0.1) is 0 Å². The Morgan fingerprint density at radius 2 is 1.14 bits per heavy atom. The second-order valence-corrected chi connectivity index (χ2v) is 1.22. The molecule has 7 heteroatoms. The topological polar surface area (TPSA) is 80.3 Å². The van der Waals surface area contributed by atoms with Crippen LogP contribution in [0.3, 0.4) is 0 Å². The van der Waals surface area contributed by atoms with E-state index < -0.39 is 10.4 Å². The molecule has 0 radical (unpaired) electrons. The Morgan fingerprint density at radius 3 is 1.14 bits per heavy atom. The first kappa shape index (κ1) is 15.8. The Hall–Kier alpha value is 1.36. The van der Waals surface area contributed by atoms with Crippen LogP contribution in [-0.2, 0) is 26.9 Å². The van der Waals surface area contributed by atoms with Crippen molar-refractivity contribution >= 4 is 10.4 Å². The number of hydrogen-bond acceptors (Lipinski definition) is 4. The predicted molar refractivity (Wildman–Crippen MR) is 10.5 cm³/mol. The molecule has 0 spiro atoms. The largest absolute Gasteiger partial charge is 2.00 e. The van der Waals surface area contributed by atoms with E-state index in [4.69, 9.17) is 17.5 Å². The van der Waals surface area contributed by atoms with Crippen molar-refractivity contribution in [2.45, 2.75) is 0 Å². The van der Waals surface area contributed by atoms with Crippen molar-refractivity contribution in [3.05, 3.63) is 0 Å². The van der Waals surface area contributed by atoms with E-state index in [9.17, 15) is 0 Å². The second-order valence-electron chi connectivity index (χ2n) is 0.408. The molecule has 0 aromatic heterocycles. The smallest absolute Gasteiger partial charge is 0.759 e. The van der Waals surface area contributed by atoms with E-state index in [0.29, 0.717) is 0 Å². The van der Waals surface area contributed by atoms with Gasteiger partial charge in [0.15, 0.2) is 0 Å². The maximum Gasteiger partial charge on any atom is 2.00 e. The van der Waals surface area contributed by atoms with Crippen molar-refractivity contribution < 1.29 is 63.6 Å². The minimum Gasteiger partial charge on any atom is -0.759 e. The standard InChI is InChI=1S/Na.Ni.H2O4S/c;;1-5(2,3)4/h;;(H2,1,2,3,4)/q+1;+2;/p-2. The average Bonchev–Trinajstić information content (AvgIpc) is 0.722. The van der Waals surface area contributed by atoms with Crippen LogP contribution < -0.4 is 29.6 Å². The van der Waals surface area contributed by atoms with E-state index in [-0.39, 0.29) is 46.0 Å². The molecule has 0 aromatic rings. The van der Waals surface area contributed by atoms with E-state index in [1.165, 1.54) is 0 Å². The van der Waals surface area contributed by atoms with Crippen molar-refractivity contribution in [2.24, 2.45) is 0 Å². The van der Waals surface area contributed by atoms with Crippen LogP contribution in [0.4, 0.5) is 0 Å². The van der Waals surface area contributed by atoms with E-state index >= 15 is 0 Å². The molecule has 0 N–H and O–H groups in total. The molecule has 0 aromatic carbocycles. The molecule has 0 aliphatic carbocycles. The summed E-state index contributed by atoms with van der Waals surface area (Å²) >= 11 is 0. The number of hydrogen-bond donors (Lipinski definition) is 0. The maximum absolute atomic E-state index is 8.52. The number of rotatable bonds is 0. The van der Waals surface area contributed by atoms with Gasteiger partial charge in [0.05, 0.1) is 0 Å². The van der Waals surface area contributed by atoms with Gasteiger partial charge >= 0.3 is 46.0 Å². The SMILES string of the molecule is O=S(=O)([O-])[O-].[Na+].[Ni+2]. The molecule has 0 aliphatic rings. The van der Waals surface area contributed by atoms with Gasteiger partial charge in [0.25, 0.3) is 0 Å². The Kier molecular flexibility index (Phi) is 12.4. The minimum absolute atomic E-state index is 0. The molecular formula is NaNiO4S+. The molecule has 0 unspecified atom stereocenters. The van der Waals surface area contributed by atoms with Crippen molar-refractivity contribution in [2.75, 3.05) is 0 Å². The zero-order chi connectivity index (χ0) is 4.50. The zero-order valence-corrected chi connectivity index (χ0v) is 7.16. The van der Waals surface area contributed by atoms with Gasteiger partial charge in [-0.3, -0.25) is 8.42 Å². The molecule has 40 valence electrons. The van der Waals surface area contributed by atoms with E-state index in [1.807, 2.05) is 0 Å². The van der Waals surface area contributed by atoms with Crippen LogP contribution in [0.5, 0.6) is 0 Å². The van der Waals surface area contributed by atoms with Crippen molar-refractivity contribution in [1.29, 1.82) is 0 Å². The molecule has 0 fully saturated rings. The molecule has 0 amide bonds. The van der Waals surface area contributed by atoms with E-state index in [2.05, 4.69) is 0 Å².